The molecule has 8 nitrogen and oxygen atoms in total. The molecule has 136 valence electrons. The number of aromatic nitrogens is 5. The van der Waals surface area contributed by atoms with E-state index in [-0.39, 0.29) is 5.91 Å². The number of hydrogen-bond acceptors (Lipinski definition) is 5. The Bertz CT molecular complexity index is 693. The first-order valence-electron chi connectivity index (χ1n) is 8.96. The minimum Gasteiger partial charge on any atom is -0.350 e. The lowest BCUT2D eigenvalue weighted by molar-refractivity contribution is 0.0929. The Balaban J connectivity index is 1.41. The van der Waals surface area contributed by atoms with Gasteiger partial charge in [-0.2, -0.15) is 10.2 Å². The standard InChI is InChI=1S/C17H27N7O/c1-4-15-19-16(21-20-15)11-24-7-5-13(6-8-24)10-18-17(25)14-9-12(2)23(3)22-14/h9,13H,4-8,10-11H2,1-3H3,(H,18,25)(H,19,20,21). The van der Waals surface area contributed by atoms with Crippen LogP contribution in [0.5, 0.6) is 0 Å². The fraction of sp³-hybridized carbons (Fsp3) is 0.647. The van der Waals surface area contributed by atoms with Crippen molar-refractivity contribution in [2.24, 2.45) is 13.0 Å². The van der Waals surface area contributed by atoms with Crippen LogP contribution in [0.2, 0.25) is 0 Å². The van der Waals surface area contributed by atoms with Gasteiger partial charge in [0.2, 0.25) is 0 Å². The lowest BCUT2D eigenvalue weighted by Gasteiger charge is -2.31. The minimum absolute atomic E-state index is 0.0834. The summed E-state index contributed by atoms with van der Waals surface area (Å²) in [5.74, 6) is 2.25. The molecule has 1 amide bonds. The van der Waals surface area contributed by atoms with E-state index in [9.17, 15) is 4.79 Å². The molecular formula is C17H27N7O. The van der Waals surface area contributed by atoms with Gasteiger partial charge in [-0.1, -0.05) is 6.92 Å². The number of H-pyrrole nitrogens is 1. The lowest BCUT2D eigenvalue weighted by atomic mass is 9.97. The van der Waals surface area contributed by atoms with Gasteiger partial charge in [0.1, 0.15) is 17.3 Å². The van der Waals surface area contributed by atoms with Crippen LogP contribution in [0.25, 0.3) is 0 Å². The third-order valence-corrected chi connectivity index (χ3v) is 4.87. The maximum Gasteiger partial charge on any atom is 0.271 e. The van der Waals surface area contributed by atoms with Gasteiger partial charge >= 0.3 is 0 Å². The molecule has 2 aromatic rings. The van der Waals surface area contributed by atoms with Crippen LogP contribution in [0.3, 0.4) is 0 Å². The van der Waals surface area contributed by atoms with Gasteiger partial charge in [-0.15, -0.1) is 0 Å². The van der Waals surface area contributed by atoms with E-state index in [1.54, 1.807) is 4.68 Å². The molecule has 2 N–H and O–H groups in total. The van der Waals surface area contributed by atoms with Crippen molar-refractivity contribution >= 4 is 5.91 Å². The van der Waals surface area contributed by atoms with Gasteiger partial charge in [-0.05, 0) is 44.8 Å². The van der Waals surface area contributed by atoms with Gasteiger partial charge in [0.05, 0.1) is 6.54 Å². The number of aromatic amines is 1. The average Bonchev–Trinajstić information content (AvgIpc) is 3.20. The van der Waals surface area contributed by atoms with E-state index in [0.717, 1.165) is 56.2 Å². The Morgan fingerprint density at radius 2 is 2.16 bits per heavy atom. The van der Waals surface area contributed by atoms with Crippen molar-refractivity contribution in [1.29, 1.82) is 0 Å². The quantitative estimate of drug-likeness (QED) is 0.816. The molecule has 3 rings (SSSR count). The Morgan fingerprint density at radius 1 is 1.40 bits per heavy atom. The van der Waals surface area contributed by atoms with Crippen LogP contribution in [-0.4, -0.2) is 55.4 Å². The van der Waals surface area contributed by atoms with Gasteiger partial charge in [-0.25, -0.2) is 4.98 Å². The van der Waals surface area contributed by atoms with Crippen molar-refractivity contribution in [3.05, 3.63) is 29.1 Å². The molecule has 0 aliphatic carbocycles. The Morgan fingerprint density at radius 3 is 2.76 bits per heavy atom. The molecule has 0 aromatic carbocycles. The first-order valence-corrected chi connectivity index (χ1v) is 8.96. The maximum absolute atomic E-state index is 12.2. The van der Waals surface area contributed by atoms with Crippen molar-refractivity contribution < 1.29 is 4.79 Å². The molecule has 2 aromatic heterocycles. The molecule has 1 aliphatic rings. The molecule has 0 atom stereocenters. The first kappa shape index (κ1) is 17.6. The van der Waals surface area contributed by atoms with Crippen LogP contribution in [0.15, 0.2) is 6.07 Å². The highest BCUT2D eigenvalue weighted by Crippen LogP contribution is 2.17. The lowest BCUT2D eigenvalue weighted by Crippen LogP contribution is -2.38. The summed E-state index contributed by atoms with van der Waals surface area (Å²) in [5, 5.41) is 14.4. The van der Waals surface area contributed by atoms with Crippen molar-refractivity contribution in [1.82, 2.24) is 35.2 Å². The zero-order chi connectivity index (χ0) is 17.8. The Hall–Kier alpha value is -2.22. The van der Waals surface area contributed by atoms with E-state index in [0.29, 0.717) is 18.2 Å². The SMILES string of the molecule is CCc1n[nH]c(CN2CCC(CNC(=O)c3cc(C)n(C)n3)CC2)n1. The summed E-state index contributed by atoms with van der Waals surface area (Å²) >= 11 is 0. The molecule has 0 radical (unpaired) electrons. The molecule has 25 heavy (non-hydrogen) atoms. The largest absolute Gasteiger partial charge is 0.350 e. The summed E-state index contributed by atoms with van der Waals surface area (Å²) in [6.45, 7) is 7.57. The summed E-state index contributed by atoms with van der Waals surface area (Å²) in [6, 6.07) is 1.82. The number of amides is 1. The van der Waals surface area contributed by atoms with Gasteiger partial charge in [0, 0.05) is 25.7 Å². The normalized spacial score (nSPS) is 16.3. The van der Waals surface area contributed by atoms with Crippen LogP contribution in [0.1, 0.15) is 47.6 Å². The molecule has 0 bridgehead atoms. The van der Waals surface area contributed by atoms with Crippen LogP contribution in [0, 0.1) is 12.8 Å². The summed E-state index contributed by atoms with van der Waals surface area (Å²) in [7, 11) is 1.85. The fourth-order valence-electron chi connectivity index (χ4n) is 3.12. The van der Waals surface area contributed by atoms with Crippen molar-refractivity contribution in [3.63, 3.8) is 0 Å². The van der Waals surface area contributed by atoms with E-state index in [4.69, 9.17) is 0 Å². The van der Waals surface area contributed by atoms with Gasteiger partial charge in [-0.3, -0.25) is 19.5 Å². The van der Waals surface area contributed by atoms with Crippen LogP contribution >= 0.6 is 0 Å². The van der Waals surface area contributed by atoms with E-state index < -0.39 is 0 Å². The Labute approximate surface area is 148 Å². The fourth-order valence-corrected chi connectivity index (χ4v) is 3.12. The third kappa shape index (κ3) is 4.45. The molecule has 1 aliphatic heterocycles. The van der Waals surface area contributed by atoms with Crippen molar-refractivity contribution in [2.45, 2.75) is 39.7 Å². The second-order valence-corrected chi connectivity index (χ2v) is 6.78. The van der Waals surface area contributed by atoms with Crippen LogP contribution in [0.4, 0.5) is 0 Å². The predicted molar refractivity (Wildman–Crippen MR) is 94.0 cm³/mol. The molecule has 0 unspecified atom stereocenters. The molecule has 8 heteroatoms. The second kappa shape index (κ2) is 7.77. The number of hydrogen-bond donors (Lipinski definition) is 2. The molecular weight excluding hydrogens is 318 g/mol. The van der Waals surface area contributed by atoms with E-state index >= 15 is 0 Å². The zero-order valence-electron chi connectivity index (χ0n) is 15.2. The number of piperidine rings is 1. The molecule has 0 saturated carbocycles. The predicted octanol–water partition coefficient (Wildman–Crippen LogP) is 1.05. The number of carbonyl (C=O) groups excluding carboxylic acids is 1. The number of aryl methyl sites for hydroxylation is 3. The molecule has 1 fully saturated rings. The third-order valence-electron chi connectivity index (χ3n) is 4.87. The van der Waals surface area contributed by atoms with E-state index in [1.165, 1.54) is 0 Å². The summed E-state index contributed by atoms with van der Waals surface area (Å²) in [5.41, 5.74) is 1.48. The molecule has 3 heterocycles. The molecule has 1 saturated heterocycles. The van der Waals surface area contributed by atoms with E-state index in [1.807, 2.05) is 20.0 Å². The maximum atomic E-state index is 12.2. The number of rotatable bonds is 6. The highest BCUT2D eigenvalue weighted by molar-refractivity contribution is 5.92. The highest BCUT2D eigenvalue weighted by Gasteiger charge is 2.21. The minimum atomic E-state index is -0.0834. The van der Waals surface area contributed by atoms with Gasteiger partial charge in [0.25, 0.3) is 5.91 Å². The average molecular weight is 345 g/mol. The van der Waals surface area contributed by atoms with Crippen molar-refractivity contribution in [2.75, 3.05) is 19.6 Å². The van der Waals surface area contributed by atoms with Gasteiger partial charge < -0.3 is 5.32 Å². The van der Waals surface area contributed by atoms with Gasteiger partial charge in [0.15, 0.2) is 0 Å². The van der Waals surface area contributed by atoms with Crippen LogP contribution in [-0.2, 0) is 20.0 Å². The number of nitrogens with one attached hydrogen (secondary N) is 2. The number of likely N-dealkylation sites (tertiary alicyclic amines) is 1. The van der Waals surface area contributed by atoms with Crippen molar-refractivity contribution in [3.8, 4) is 0 Å². The first-order chi connectivity index (χ1) is 12.0. The Kier molecular flexibility index (Phi) is 5.47. The second-order valence-electron chi connectivity index (χ2n) is 6.78. The van der Waals surface area contributed by atoms with E-state index in [2.05, 4.69) is 37.4 Å². The highest BCUT2D eigenvalue weighted by atomic mass is 16.1. The molecule has 0 spiro atoms. The summed E-state index contributed by atoms with van der Waals surface area (Å²) in [6.07, 6.45) is 3.01. The van der Waals surface area contributed by atoms with Crippen LogP contribution < -0.4 is 5.32 Å². The summed E-state index contributed by atoms with van der Waals surface area (Å²) in [4.78, 5) is 19.0. The monoisotopic (exact) mass is 345 g/mol. The smallest absolute Gasteiger partial charge is 0.271 e. The summed E-state index contributed by atoms with van der Waals surface area (Å²) < 4.78 is 1.72. The zero-order valence-corrected chi connectivity index (χ0v) is 15.2. The number of carbonyl (C=O) groups is 1. The number of nitrogens with zero attached hydrogens (tertiary/aromatic N) is 5. The topological polar surface area (TPSA) is 91.7 Å².